The molecule has 0 saturated carbocycles. The number of piperidine rings is 1. The van der Waals surface area contributed by atoms with Gasteiger partial charge >= 0.3 is 0 Å². The van der Waals surface area contributed by atoms with E-state index in [2.05, 4.69) is 34.2 Å². The van der Waals surface area contributed by atoms with E-state index < -0.39 is 0 Å². The summed E-state index contributed by atoms with van der Waals surface area (Å²) in [6.45, 7) is 7.32. The van der Waals surface area contributed by atoms with Gasteiger partial charge in [0.15, 0.2) is 5.82 Å². The fraction of sp³-hybridized carbons (Fsp3) is 0.600. The van der Waals surface area contributed by atoms with Gasteiger partial charge in [0.25, 0.3) is 5.91 Å². The number of aromatic amines is 1. The van der Waals surface area contributed by atoms with Crippen molar-refractivity contribution >= 4 is 5.91 Å². The molecule has 0 radical (unpaired) electrons. The van der Waals surface area contributed by atoms with Crippen LogP contribution in [0.1, 0.15) is 66.4 Å². The maximum Gasteiger partial charge on any atom is 0.274 e. The van der Waals surface area contributed by atoms with E-state index in [9.17, 15) is 4.79 Å². The number of hydrogen-bond donors (Lipinski definition) is 1. The van der Waals surface area contributed by atoms with Gasteiger partial charge in [-0.1, -0.05) is 19.0 Å². The molecule has 0 aliphatic carbocycles. The van der Waals surface area contributed by atoms with Gasteiger partial charge < -0.3 is 9.42 Å². The molecular weight excluding hydrogens is 282 g/mol. The molecule has 118 valence electrons. The van der Waals surface area contributed by atoms with Crippen molar-refractivity contribution in [3.05, 3.63) is 29.2 Å². The minimum absolute atomic E-state index is 0.00843. The Labute approximate surface area is 129 Å². The third-order valence-electron chi connectivity index (χ3n) is 4.13. The number of nitrogens with zero attached hydrogens (tertiary/aromatic N) is 4. The smallest absolute Gasteiger partial charge is 0.274 e. The minimum Gasteiger partial charge on any atom is -0.340 e. The molecule has 0 atom stereocenters. The van der Waals surface area contributed by atoms with Crippen LogP contribution in [-0.4, -0.2) is 44.2 Å². The van der Waals surface area contributed by atoms with Gasteiger partial charge in [0.05, 0.1) is 0 Å². The predicted molar refractivity (Wildman–Crippen MR) is 79.6 cm³/mol. The molecule has 1 amide bonds. The van der Waals surface area contributed by atoms with Crippen molar-refractivity contribution in [3.8, 4) is 0 Å². The Morgan fingerprint density at radius 1 is 1.41 bits per heavy atom. The van der Waals surface area contributed by atoms with Crippen LogP contribution in [0.15, 0.2) is 10.6 Å². The first kappa shape index (κ1) is 14.7. The summed E-state index contributed by atoms with van der Waals surface area (Å²) in [6, 6.07) is 1.85. The molecule has 1 N–H and O–H groups in total. The summed E-state index contributed by atoms with van der Waals surface area (Å²) in [5.74, 6) is 1.94. The second-order valence-corrected chi connectivity index (χ2v) is 6.10. The summed E-state index contributed by atoms with van der Waals surface area (Å²) in [4.78, 5) is 18.6. The van der Waals surface area contributed by atoms with Crippen LogP contribution in [0.3, 0.4) is 0 Å². The molecule has 22 heavy (non-hydrogen) atoms. The van der Waals surface area contributed by atoms with Crippen LogP contribution in [-0.2, 0) is 0 Å². The first-order valence-electron chi connectivity index (χ1n) is 7.69. The SMILES string of the molecule is Cc1nc(C2CCN(C(=O)c3cc(C(C)C)[nH]n3)CC2)no1. The lowest BCUT2D eigenvalue weighted by Gasteiger charge is -2.30. The van der Waals surface area contributed by atoms with Gasteiger partial charge in [0.1, 0.15) is 5.69 Å². The van der Waals surface area contributed by atoms with E-state index in [1.807, 2.05) is 11.0 Å². The van der Waals surface area contributed by atoms with Crippen LogP contribution < -0.4 is 0 Å². The van der Waals surface area contributed by atoms with Crippen LogP contribution in [0.2, 0.25) is 0 Å². The average Bonchev–Trinajstić information content (AvgIpc) is 3.16. The Kier molecular flexibility index (Phi) is 3.96. The van der Waals surface area contributed by atoms with Gasteiger partial charge in [-0.2, -0.15) is 10.1 Å². The van der Waals surface area contributed by atoms with Crippen LogP contribution in [0, 0.1) is 6.92 Å². The maximum atomic E-state index is 12.5. The van der Waals surface area contributed by atoms with E-state index in [0.717, 1.165) is 24.4 Å². The fourth-order valence-electron chi connectivity index (χ4n) is 2.73. The van der Waals surface area contributed by atoms with E-state index in [0.29, 0.717) is 30.6 Å². The number of H-pyrrole nitrogens is 1. The molecule has 0 unspecified atom stereocenters. The van der Waals surface area contributed by atoms with Crippen molar-refractivity contribution in [2.75, 3.05) is 13.1 Å². The molecule has 3 heterocycles. The first-order valence-corrected chi connectivity index (χ1v) is 7.69. The third-order valence-corrected chi connectivity index (χ3v) is 4.13. The molecule has 7 heteroatoms. The molecule has 1 aliphatic rings. The Morgan fingerprint density at radius 2 is 2.14 bits per heavy atom. The lowest BCUT2D eigenvalue weighted by molar-refractivity contribution is 0.0704. The van der Waals surface area contributed by atoms with Crippen LogP contribution in [0.25, 0.3) is 0 Å². The predicted octanol–water partition coefficient (Wildman–Crippen LogP) is 2.24. The lowest BCUT2D eigenvalue weighted by atomic mass is 9.96. The summed E-state index contributed by atoms with van der Waals surface area (Å²) < 4.78 is 5.03. The highest BCUT2D eigenvalue weighted by molar-refractivity contribution is 5.92. The van der Waals surface area contributed by atoms with Gasteiger partial charge in [-0.3, -0.25) is 9.89 Å². The Hall–Kier alpha value is -2.18. The summed E-state index contributed by atoms with van der Waals surface area (Å²) in [6.07, 6.45) is 1.71. The molecule has 0 bridgehead atoms. The van der Waals surface area contributed by atoms with E-state index >= 15 is 0 Å². The first-order chi connectivity index (χ1) is 10.5. The van der Waals surface area contributed by atoms with E-state index in [1.54, 1.807) is 6.92 Å². The lowest BCUT2D eigenvalue weighted by Crippen LogP contribution is -2.38. The third kappa shape index (κ3) is 2.88. The Balaban J connectivity index is 1.61. The highest BCUT2D eigenvalue weighted by Gasteiger charge is 2.28. The number of aryl methyl sites for hydroxylation is 1. The summed E-state index contributed by atoms with van der Waals surface area (Å²) in [5, 5.41) is 11.1. The van der Waals surface area contributed by atoms with Crippen molar-refractivity contribution in [2.24, 2.45) is 0 Å². The molecule has 3 rings (SSSR count). The number of hydrogen-bond acceptors (Lipinski definition) is 5. The highest BCUT2D eigenvalue weighted by atomic mass is 16.5. The largest absolute Gasteiger partial charge is 0.340 e. The molecule has 0 spiro atoms. The number of carbonyl (C=O) groups excluding carboxylic acids is 1. The Morgan fingerprint density at radius 3 is 2.68 bits per heavy atom. The number of amides is 1. The van der Waals surface area contributed by atoms with Crippen molar-refractivity contribution < 1.29 is 9.32 Å². The summed E-state index contributed by atoms with van der Waals surface area (Å²) >= 11 is 0. The molecule has 2 aromatic rings. The second kappa shape index (κ2) is 5.90. The summed E-state index contributed by atoms with van der Waals surface area (Å²) in [7, 11) is 0. The van der Waals surface area contributed by atoms with Crippen LogP contribution in [0.5, 0.6) is 0 Å². The van der Waals surface area contributed by atoms with Crippen molar-refractivity contribution in [3.63, 3.8) is 0 Å². The van der Waals surface area contributed by atoms with E-state index in [1.165, 1.54) is 0 Å². The quantitative estimate of drug-likeness (QED) is 0.939. The maximum absolute atomic E-state index is 12.5. The van der Waals surface area contributed by atoms with Crippen molar-refractivity contribution in [2.45, 2.75) is 45.4 Å². The van der Waals surface area contributed by atoms with E-state index in [-0.39, 0.29) is 11.8 Å². The van der Waals surface area contributed by atoms with Gasteiger partial charge in [-0.05, 0) is 24.8 Å². The minimum atomic E-state index is -0.00843. The fourth-order valence-corrected chi connectivity index (χ4v) is 2.73. The van der Waals surface area contributed by atoms with Crippen LogP contribution in [0.4, 0.5) is 0 Å². The monoisotopic (exact) mass is 303 g/mol. The van der Waals surface area contributed by atoms with Gasteiger partial charge in [0, 0.05) is 31.6 Å². The number of carbonyl (C=O) groups is 1. The van der Waals surface area contributed by atoms with Gasteiger partial charge in [0.2, 0.25) is 5.89 Å². The van der Waals surface area contributed by atoms with Crippen molar-refractivity contribution in [1.82, 2.24) is 25.2 Å². The second-order valence-electron chi connectivity index (χ2n) is 6.10. The Bertz CT molecular complexity index is 652. The molecular formula is C15H21N5O2. The number of aromatic nitrogens is 4. The topological polar surface area (TPSA) is 87.9 Å². The van der Waals surface area contributed by atoms with Crippen molar-refractivity contribution in [1.29, 1.82) is 0 Å². The van der Waals surface area contributed by atoms with Gasteiger partial charge in [-0.25, -0.2) is 0 Å². The van der Waals surface area contributed by atoms with Crippen LogP contribution >= 0.6 is 0 Å². The number of rotatable bonds is 3. The number of likely N-dealkylation sites (tertiary alicyclic amines) is 1. The average molecular weight is 303 g/mol. The summed E-state index contributed by atoms with van der Waals surface area (Å²) in [5.41, 5.74) is 1.48. The highest BCUT2D eigenvalue weighted by Crippen LogP contribution is 2.26. The molecule has 1 saturated heterocycles. The molecule has 7 nitrogen and oxygen atoms in total. The molecule has 2 aromatic heterocycles. The zero-order valence-electron chi connectivity index (χ0n) is 13.2. The zero-order valence-corrected chi connectivity index (χ0v) is 13.2. The zero-order chi connectivity index (χ0) is 15.7. The number of nitrogens with one attached hydrogen (secondary N) is 1. The van der Waals surface area contributed by atoms with Gasteiger partial charge in [-0.15, -0.1) is 0 Å². The molecule has 0 aromatic carbocycles. The van der Waals surface area contributed by atoms with E-state index in [4.69, 9.17) is 4.52 Å². The normalized spacial score (nSPS) is 16.5. The standard InChI is InChI=1S/C15H21N5O2/c1-9(2)12-8-13(18-17-12)15(21)20-6-4-11(5-7-20)14-16-10(3)22-19-14/h8-9,11H,4-7H2,1-3H3,(H,17,18). The molecule has 1 fully saturated rings. The molecule has 1 aliphatic heterocycles.